The van der Waals surface area contributed by atoms with Crippen LogP contribution in [0.3, 0.4) is 0 Å². The van der Waals surface area contributed by atoms with Crippen LogP contribution >= 0.6 is 34.8 Å². The molecule has 0 atom stereocenters. The van der Waals surface area contributed by atoms with Gasteiger partial charge in [-0.1, -0.05) is 34.8 Å². The van der Waals surface area contributed by atoms with Crippen molar-refractivity contribution in [1.82, 2.24) is 0 Å². The molecular weight excluding hydrogens is 415 g/mol. The van der Waals surface area contributed by atoms with E-state index in [1.807, 2.05) is 0 Å². The summed E-state index contributed by atoms with van der Waals surface area (Å²) in [6.45, 7) is 0. The van der Waals surface area contributed by atoms with E-state index in [0.29, 0.717) is 0 Å². The summed E-state index contributed by atoms with van der Waals surface area (Å²) >= 11 is 15.8. The molecule has 0 N–H and O–H groups in total. The number of carbonyl (C=O) groups is 1. The van der Waals surface area contributed by atoms with Crippen molar-refractivity contribution in [3.63, 3.8) is 0 Å². The first-order valence-corrected chi connectivity index (χ1v) is 6.64. The number of Topliss-reactive ketones (excluding diaryl/α,β-unsaturated/α-hetero) is 1. The van der Waals surface area contributed by atoms with Crippen LogP contribution in [0.4, 0.5) is 30.7 Å². The second-order valence-electron chi connectivity index (χ2n) is 4.18. The van der Waals surface area contributed by atoms with Gasteiger partial charge in [-0.15, -0.1) is 0 Å². The van der Waals surface area contributed by atoms with Crippen LogP contribution in [0.2, 0.25) is 15.1 Å². The van der Waals surface area contributed by atoms with Crippen molar-refractivity contribution < 1.29 is 40.3 Å². The molecule has 1 aliphatic rings. The van der Waals surface area contributed by atoms with E-state index in [1.54, 1.807) is 0 Å². The lowest BCUT2D eigenvalue weighted by Crippen LogP contribution is -2.38. The van der Waals surface area contributed by atoms with Crippen molar-refractivity contribution >= 4 is 40.6 Å². The highest BCUT2D eigenvalue weighted by Gasteiger charge is 2.55. The number of hydrogen-bond donors (Lipinski definition) is 0. The summed E-state index contributed by atoms with van der Waals surface area (Å²) in [5, 5.41) is -3.92. The van der Waals surface area contributed by atoms with Gasteiger partial charge in [0.05, 0.1) is 0 Å². The molecular formula is C12Cl3F7O2. The Labute approximate surface area is 143 Å². The Bertz CT molecular complexity index is 777. The molecule has 1 aromatic rings. The van der Waals surface area contributed by atoms with E-state index in [2.05, 4.69) is 4.74 Å². The third-order valence-corrected chi connectivity index (χ3v) is 3.77. The summed E-state index contributed by atoms with van der Waals surface area (Å²) in [6.07, 6.45) is 0. The highest BCUT2D eigenvalue weighted by atomic mass is 35.5. The third-order valence-electron chi connectivity index (χ3n) is 2.76. The number of hydrogen-bond acceptors (Lipinski definition) is 2. The van der Waals surface area contributed by atoms with Crippen molar-refractivity contribution in [3.05, 3.63) is 50.0 Å². The molecule has 24 heavy (non-hydrogen) atoms. The van der Waals surface area contributed by atoms with Crippen molar-refractivity contribution in [2.45, 2.75) is 5.85 Å². The van der Waals surface area contributed by atoms with Gasteiger partial charge < -0.3 is 4.74 Å². The lowest BCUT2D eigenvalue weighted by atomic mass is 10.1. The normalized spacial score (nSPS) is 17.7. The maximum absolute atomic E-state index is 14.3. The third kappa shape index (κ3) is 2.55. The van der Waals surface area contributed by atoms with Gasteiger partial charge in [0.2, 0.25) is 23.3 Å². The maximum atomic E-state index is 14.3. The van der Waals surface area contributed by atoms with Gasteiger partial charge >= 0.3 is 5.85 Å². The second kappa shape index (κ2) is 6.12. The summed E-state index contributed by atoms with van der Waals surface area (Å²) in [4.78, 5) is 10.8. The molecule has 0 heterocycles. The van der Waals surface area contributed by atoms with Crippen LogP contribution in [-0.2, 0) is 4.79 Å². The van der Waals surface area contributed by atoms with E-state index in [4.69, 9.17) is 34.8 Å². The van der Waals surface area contributed by atoms with Gasteiger partial charge in [-0.25, -0.2) is 17.6 Å². The minimum absolute atomic E-state index is 1.26. The quantitative estimate of drug-likeness (QED) is 0.344. The molecule has 0 saturated heterocycles. The largest absolute Gasteiger partial charge is 0.443 e. The van der Waals surface area contributed by atoms with Crippen LogP contribution in [0.15, 0.2) is 23.3 Å². The molecule has 1 aliphatic carbocycles. The molecule has 130 valence electrons. The molecule has 0 radical (unpaired) electrons. The van der Waals surface area contributed by atoms with Crippen LogP contribution < -0.4 is 4.74 Å². The number of ether oxygens (including phenoxy) is 1. The number of ketones is 1. The number of rotatable bonds is 2. The van der Waals surface area contributed by atoms with Gasteiger partial charge in [-0.2, -0.15) is 13.2 Å². The van der Waals surface area contributed by atoms with Crippen molar-refractivity contribution in [3.8, 4) is 5.75 Å². The highest BCUT2D eigenvalue weighted by molar-refractivity contribution is 6.40. The summed E-state index contributed by atoms with van der Waals surface area (Å²) < 4.78 is 98.9. The Morgan fingerprint density at radius 2 is 1.12 bits per heavy atom. The summed E-state index contributed by atoms with van der Waals surface area (Å²) in [7, 11) is 0. The second-order valence-corrected chi connectivity index (χ2v) is 5.32. The Morgan fingerprint density at radius 3 is 1.50 bits per heavy atom. The number of allylic oxidation sites excluding steroid dienone is 2. The fourth-order valence-electron chi connectivity index (χ4n) is 1.58. The van der Waals surface area contributed by atoms with Crippen molar-refractivity contribution in [2.24, 2.45) is 0 Å². The predicted molar refractivity (Wildman–Crippen MR) is 69.3 cm³/mol. The Morgan fingerprint density at radius 1 is 0.750 bits per heavy atom. The summed E-state index contributed by atoms with van der Waals surface area (Å²) in [5.74, 6) is -23.2. The SMILES string of the molecule is O=C1C(F)=C(F)C(F)(Oc2c(Cl)c(F)c(Cl)c(F)c2Cl)C(F)=C1F. The van der Waals surface area contributed by atoms with E-state index in [9.17, 15) is 35.5 Å². The molecule has 0 fully saturated rings. The number of benzene rings is 1. The van der Waals surface area contributed by atoms with Gasteiger partial charge in [0.15, 0.2) is 17.4 Å². The first-order chi connectivity index (χ1) is 10.9. The lowest BCUT2D eigenvalue weighted by molar-refractivity contribution is -0.118. The minimum Gasteiger partial charge on any atom is -0.443 e. The Balaban J connectivity index is 2.69. The zero-order valence-electron chi connectivity index (χ0n) is 10.6. The molecule has 0 bridgehead atoms. The number of alkyl halides is 1. The fourth-order valence-corrected chi connectivity index (χ4v) is 2.37. The predicted octanol–water partition coefficient (Wildman–Crippen LogP) is 5.85. The highest BCUT2D eigenvalue weighted by Crippen LogP contribution is 2.48. The number of halogens is 10. The van der Waals surface area contributed by atoms with Crippen LogP contribution in [0.5, 0.6) is 5.75 Å². The van der Waals surface area contributed by atoms with Crippen LogP contribution in [-0.4, -0.2) is 11.6 Å². The van der Waals surface area contributed by atoms with Crippen LogP contribution in [0.25, 0.3) is 0 Å². The molecule has 1 aromatic carbocycles. The van der Waals surface area contributed by atoms with Gasteiger partial charge in [0, 0.05) is 0 Å². The number of carbonyl (C=O) groups excluding carboxylic acids is 1. The van der Waals surface area contributed by atoms with E-state index in [-0.39, 0.29) is 0 Å². The molecule has 0 amide bonds. The molecule has 0 spiro atoms. The fraction of sp³-hybridized carbons (Fsp3) is 0.0833. The monoisotopic (exact) mass is 414 g/mol. The molecule has 12 heteroatoms. The maximum Gasteiger partial charge on any atom is 0.359 e. The molecule has 0 aromatic heterocycles. The molecule has 0 aliphatic heterocycles. The summed E-state index contributed by atoms with van der Waals surface area (Å²) in [6, 6.07) is 0. The van der Waals surface area contributed by atoms with E-state index in [1.165, 1.54) is 0 Å². The van der Waals surface area contributed by atoms with Crippen molar-refractivity contribution in [1.29, 1.82) is 0 Å². The molecule has 2 nitrogen and oxygen atoms in total. The standard InChI is InChI=1S/C12Cl3F7O2/c13-1-4(16)2(14)9(3(15)5(1)17)24-12(22)10(20)6(18)8(23)7(19)11(12)21. The van der Waals surface area contributed by atoms with Crippen molar-refractivity contribution in [2.75, 3.05) is 0 Å². The minimum atomic E-state index is -4.71. The van der Waals surface area contributed by atoms with Gasteiger partial charge in [-0.05, 0) is 0 Å². The molecule has 0 saturated carbocycles. The molecule has 0 unspecified atom stereocenters. The van der Waals surface area contributed by atoms with Gasteiger partial charge in [0.1, 0.15) is 15.1 Å². The van der Waals surface area contributed by atoms with E-state index < -0.39 is 67.4 Å². The van der Waals surface area contributed by atoms with Gasteiger partial charge in [0.25, 0.3) is 5.78 Å². The zero-order valence-corrected chi connectivity index (χ0v) is 12.9. The lowest BCUT2D eigenvalue weighted by Gasteiger charge is -2.27. The van der Waals surface area contributed by atoms with Crippen LogP contribution in [0.1, 0.15) is 0 Å². The Hall–Kier alpha value is -1.45. The zero-order chi connectivity index (χ0) is 18.6. The molecule has 2 rings (SSSR count). The van der Waals surface area contributed by atoms with E-state index >= 15 is 0 Å². The average Bonchev–Trinajstić information content (AvgIpc) is 2.57. The van der Waals surface area contributed by atoms with Gasteiger partial charge in [-0.3, -0.25) is 4.79 Å². The smallest absolute Gasteiger partial charge is 0.359 e. The van der Waals surface area contributed by atoms with E-state index in [0.717, 1.165) is 0 Å². The topological polar surface area (TPSA) is 26.3 Å². The first kappa shape index (κ1) is 18.9. The summed E-state index contributed by atoms with van der Waals surface area (Å²) in [5.41, 5.74) is 0. The van der Waals surface area contributed by atoms with Crippen LogP contribution in [0, 0.1) is 11.6 Å². The first-order valence-electron chi connectivity index (χ1n) is 5.50. The average molecular weight is 415 g/mol. The Kier molecular flexibility index (Phi) is 4.82.